The van der Waals surface area contributed by atoms with Gasteiger partial charge in [0.25, 0.3) is 0 Å². The maximum Gasteiger partial charge on any atom is 0.340 e. The maximum absolute atomic E-state index is 14.1. The summed E-state index contributed by atoms with van der Waals surface area (Å²) in [6, 6.07) is 21.3. The number of halogens is 3. The summed E-state index contributed by atoms with van der Waals surface area (Å²) in [6.07, 6.45) is 1.58. The number of esters is 1. The number of carbonyl (C=O) groups excluding carboxylic acids is 1. The standard InChI is InChI=1S/C31H24Cl2FNO4/c1-3-5-28-24(30(35-39-28)29-25(32)6-4-7-26(29)33)17-38-22-12-10-19-14-18(8-9-20(19)15-22)21-11-13-27(34)23(16-21)31(36)37-2/h4,6-16H,3,5,17H2,1-2H3. The molecule has 198 valence electrons. The van der Waals surface area contributed by atoms with Crippen LogP contribution in [0.2, 0.25) is 10.0 Å². The van der Waals surface area contributed by atoms with E-state index in [1.807, 2.05) is 36.4 Å². The van der Waals surface area contributed by atoms with Gasteiger partial charge in [0.15, 0.2) is 0 Å². The van der Waals surface area contributed by atoms with Gasteiger partial charge in [-0.15, -0.1) is 0 Å². The fourth-order valence-corrected chi connectivity index (χ4v) is 5.03. The van der Waals surface area contributed by atoms with E-state index in [-0.39, 0.29) is 12.2 Å². The fourth-order valence-electron chi connectivity index (χ4n) is 4.46. The molecule has 0 saturated carbocycles. The Kier molecular flexibility index (Phi) is 7.87. The van der Waals surface area contributed by atoms with Gasteiger partial charge >= 0.3 is 5.97 Å². The number of aromatic nitrogens is 1. The quantitative estimate of drug-likeness (QED) is 0.176. The van der Waals surface area contributed by atoms with Crippen LogP contribution in [-0.2, 0) is 17.8 Å². The van der Waals surface area contributed by atoms with Crippen molar-refractivity contribution in [1.29, 1.82) is 0 Å². The summed E-state index contributed by atoms with van der Waals surface area (Å²) >= 11 is 12.9. The van der Waals surface area contributed by atoms with Crippen molar-refractivity contribution in [2.24, 2.45) is 0 Å². The molecule has 0 aliphatic heterocycles. The van der Waals surface area contributed by atoms with Gasteiger partial charge < -0.3 is 14.0 Å². The number of ether oxygens (including phenoxy) is 2. The zero-order valence-corrected chi connectivity index (χ0v) is 22.8. The van der Waals surface area contributed by atoms with Crippen LogP contribution in [0.1, 0.15) is 35.0 Å². The number of hydrogen-bond donors (Lipinski definition) is 0. The van der Waals surface area contributed by atoms with Gasteiger partial charge in [-0.1, -0.05) is 65.6 Å². The van der Waals surface area contributed by atoms with Gasteiger partial charge in [-0.25, -0.2) is 9.18 Å². The summed E-state index contributed by atoms with van der Waals surface area (Å²) in [6.45, 7) is 2.29. The second-order valence-electron chi connectivity index (χ2n) is 8.98. The second-order valence-corrected chi connectivity index (χ2v) is 9.79. The van der Waals surface area contributed by atoms with Gasteiger partial charge in [0.1, 0.15) is 29.6 Å². The summed E-state index contributed by atoms with van der Waals surface area (Å²) in [5, 5.41) is 7.17. The molecule has 1 heterocycles. The van der Waals surface area contributed by atoms with E-state index in [1.165, 1.54) is 19.2 Å². The molecule has 0 spiro atoms. The van der Waals surface area contributed by atoms with E-state index in [2.05, 4.69) is 12.1 Å². The van der Waals surface area contributed by atoms with Gasteiger partial charge in [-0.3, -0.25) is 0 Å². The largest absolute Gasteiger partial charge is 0.489 e. The molecule has 0 aliphatic rings. The summed E-state index contributed by atoms with van der Waals surface area (Å²) in [4.78, 5) is 11.9. The lowest BCUT2D eigenvalue weighted by Crippen LogP contribution is -2.04. The zero-order valence-electron chi connectivity index (χ0n) is 21.3. The number of nitrogens with zero attached hydrogens (tertiary/aromatic N) is 1. The molecule has 0 fully saturated rings. The molecule has 5 nitrogen and oxygen atoms in total. The molecule has 5 aromatic rings. The van der Waals surface area contributed by atoms with E-state index in [9.17, 15) is 9.18 Å². The van der Waals surface area contributed by atoms with Crippen LogP contribution >= 0.6 is 23.2 Å². The highest BCUT2D eigenvalue weighted by molar-refractivity contribution is 6.39. The summed E-state index contributed by atoms with van der Waals surface area (Å²) < 4.78 is 30.6. The van der Waals surface area contributed by atoms with Gasteiger partial charge in [0, 0.05) is 12.0 Å². The Hall–Kier alpha value is -3.87. The van der Waals surface area contributed by atoms with Crippen molar-refractivity contribution in [2.45, 2.75) is 26.4 Å². The van der Waals surface area contributed by atoms with E-state index in [0.29, 0.717) is 39.0 Å². The molecule has 1 aromatic heterocycles. The third kappa shape index (κ3) is 5.49. The molecule has 0 aliphatic carbocycles. The van der Waals surface area contributed by atoms with Gasteiger partial charge in [0.2, 0.25) is 0 Å². The molecule has 0 unspecified atom stereocenters. The van der Waals surface area contributed by atoms with Gasteiger partial charge in [0.05, 0.1) is 28.3 Å². The third-order valence-electron chi connectivity index (χ3n) is 6.45. The minimum Gasteiger partial charge on any atom is -0.489 e. The molecule has 4 aromatic carbocycles. The molecule has 5 rings (SSSR count). The minimum absolute atomic E-state index is 0.104. The average Bonchev–Trinajstić information content (AvgIpc) is 3.33. The van der Waals surface area contributed by atoms with Crippen molar-refractivity contribution in [3.05, 3.63) is 106 Å². The Bertz CT molecular complexity index is 1660. The van der Waals surface area contributed by atoms with Crippen molar-refractivity contribution >= 4 is 39.9 Å². The molecule has 0 amide bonds. The average molecular weight is 564 g/mol. The minimum atomic E-state index is -0.716. The lowest BCUT2D eigenvalue weighted by molar-refractivity contribution is 0.0595. The first-order chi connectivity index (χ1) is 18.9. The van der Waals surface area contributed by atoms with Crippen LogP contribution in [-0.4, -0.2) is 18.2 Å². The first-order valence-electron chi connectivity index (χ1n) is 12.4. The second kappa shape index (κ2) is 11.5. The van der Waals surface area contributed by atoms with E-state index in [4.69, 9.17) is 37.2 Å². The number of carbonyl (C=O) groups is 1. The number of aryl methyl sites for hydroxylation is 1. The smallest absolute Gasteiger partial charge is 0.340 e. The summed E-state index contributed by atoms with van der Waals surface area (Å²) in [5.41, 5.74) is 3.45. The van der Waals surface area contributed by atoms with Crippen molar-refractivity contribution in [3.63, 3.8) is 0 Å². The summed E-state index contributed by atoms with van der Waals surface area (Å²) in [7, 11) is 1.23. The number of hydrogen-bond acceptors (Lipinski definition) is 5. The molecule has 8 heteroatoms. The topological polar surface area (TPSA) is 61.6 Å². The normalized spacial score (nSPS) is 11.1. The Morgan fingerprint density at radius 1 is 0.949 bits per heavy atom. The first-order valence-corrected chi connectivity index (χ1v) is 13.1. The monoisotopic (exact) mass is 563 g/mol. The van der Waals surface area contributed by atoms with Crippen LogP contribution in [0, 0.1) is 5.82 Å². The van der Waals surface area contributed by atoms with Gasteiger partial charge in [-0.05, 0) is 70.8 Å². The van der Waals surface area contributed by atoms with Crippen molar-refractivity contribution in [1.82, 2.24) is 5.16 Å². The van der Waals surface area contributed by atoms with Crippen LogP contribution < -0.4 is 4.74 Å². The predicted molar refractivity (Wildman–Crippen MR) is 151 cm³/mol. The van der Waals surface area contributed by atoms with E-state index >= 15 is 0 Å². The van der Waals surface area contributed by atoms with E-state index in [1.54, 1.807) is 24.3 Å². The first kappa shape index (κ1) is 26.7. The molecule has 39 heavy (non-hydrogen) atoms. The van der Waals surface area contributed by atoms with Crippen LogP contribution in [0.15, 0.2) is 77.3 Å². The Labute approximate surface area is 235 Å². The van der Waals surface area contributed by atoms with Gasteiger partial charge in [-0.2, -0.15) is 0 Å². The lowest BCUT2D eigenvalue weighted by atomic mass is 9.99. The van der Waals surface area contributed by atoms with Crippen molar-refractivity contribution in [3.8, 4) is 28.1 Å². The van der Waals surface area contributed by atoms with Crippen LogP contribution in [0.5, 0.6) is 5.75 Å². The maximum atomic E-state index is 14.1. The Morgan fingerprint density at radius 3 is 2.38 bits per heavy atom. The van der Waals surface area contributed by atoms with Crippen molar-refractivity contribution < 1.29 is 23.2 Å². The van der Waals surface area contributed by atoms with Crippen LogP contribution in [0.4, 0.5) is 4.39 Å². The molecule has 0 radical (unpaired) electrons. The Balaban J connectivity index is 1.42. The van der Waals surface area contributed by atoms with Crippen LogP contribution in [0.25, 0.3) is 33.2 Å². The zero-order chi connectivity index (χ0) is 27.5. The predicted octanol–water partition coefficient (Wildman–Crippen LogP) is 8.93. The number of benzene rings is 4. The number of methoxy groups -OCH3 is 1. The molecule has 0 bridgehead atoms. The molecular formula is C31H24Cl2FNO4. The van der Waals surface area contributed by atoms with Crippen LogP contribution in [0.3, 0.4) is 0 Å². The highest BCUT2D eigenvalue weighted by atomic mass is 35.5. The highest BCUT2D eigenvalue weighted by Crippen LogP contribution is 2.38. The summed E-state index contributed by atoms with van der Waals surface area (Å²) in [5.74, 6) is 0.0688. The highest BCUT2D eigenvalue weighted by Gasteiger charge is 2.22. The SMILES string of the molecule is CCCc1onc(-c2c(Cl)cccc2Cl)c1COc1ccc2cc(-c3ccc(F)c(C(=O)OC)c3)ccc2c1. The molecule has 0 N–H and O–H groups in total. The third-order valence-corrected chi connectivity index (χ3v) is 7.08. The fraction of sp³-hybridized carbons (Fsp3) is 0.161. The lowest BCUT2D eigenvalue weighted by Gasteiger charge is -2.11. The number of rotatable bonds is 8. The number of fused-ring (bicyclic) bond motifs is 1. The Morgan fingerprint density at radius 2 is 1.64 bits per heavy atom. The van der Waals surface area contributed by atoms with Crippen molar-refractivity contribution in [2.75, 3.05) is 7.11 Å². The molecular weight excluding hydrogens is 540 g/mol. The molecule has 0 saturated heterocycles. The van der Waals surface area contributed by atoms with E-state index in [0.717, 1.165) is 34.1 Å². The molecule has 0 atom stereocenters. The van der Waals surface area contributed by atoms with E-state index < -0.39 is 11.8 Å².